The first-order valence-electron chi connectivity index (χ1n) is 4.52. The molecule has 16 heavy (non-hydrogen) atoms. The minimum absolute atomic E-state index is 0.359. The summed E-state index contributed by atoms with van der Waals surface area (Å²) in [5, 5.41) is 9.11. The van der Waals surface area contributed by atoms with Crippen LogP contribution in [0, 0.1) is 11.3 Å². The minimum atomic E-state index is -4.39. The van der Waals surface area contributed by atoms with Crippen molar-refractivity contribution in [1.29, 1.82) is 5.26 Å². The second-order valence-electron chi connectivity index (χ2n) is 3.55. The van der Waals surface area contributed by atoms with E-state index in [2.05, 4.69) is 4.98 Å². The lowest BCUT2D eigenvalue weighted by Crippen LogP contribution is -2.07. The predicted octanol–water partition coefficient (Wildman–Crippen LogP) is 1.32. The Morgan fingerprint density at radius 2 is 1.94 bits per heavy atom. The zero-order valence-corrected chi connectivity index (χ0v) is 8.31. The highest BCUT2D eigenvalue weighted by Crippen LogP contribution is 2.30. The Labute approximate surface area is 90.1 Å². The molecule has 1 N–H and O–H groups in total. The largest absolute Gasteiger partial charge is 0.431 e. The van der Waals surface area contributed by atoms with Gasteiger partial charge in [0.25, 0.3) is 0 Å². The third-order valence-corrected chi connectivity index (χ3v) is 2.36. The monoisotopic (exact) mass is 222 g/mol. The van der Waals surface area contributed by atoms with Crippen molar-refractivity contribution >= 4 is 24.2 Å². The molecule has 0 radical (unpaired) electrons. The Morgan fingerprint density at radius 3 is 2.50 bits per heavy atom. The molecule has 0 aliphatic heterocycles. The number of aromatic nitrogens is 1. The molecule has 80 valence electrons. The molecule has 0 atom stereocenters. The zero-order chi connectivity index (χ0) is 11.9. The van der Waals surface area contributed by atoms with Crippen LogP contribution in [0.2, 0.25) is 0 Å². The van der Waals surface area contributed by atoms with Crippen molar-refractivity contribution in [3.8, 4) is 6.07 Å². The van der Waals surface area contributed by atoms with Gasteiger partial charge in [-0.25, -0.2) is 0 Å². The lowest BCUT2D eigenvalue weighted by molar-refractivity contribution is -0.140. The summed E-state index contributed by atoms with van der Waals surface area (Å²) in [6, 6.07) is 5.92. The highest BCUT2D eigenvalue weighted by molar-refractivity contribution is 6.38. The number of H-pyrrole nitrogens is 1. The SMILES string of the molecule is Bc1cc(C#N)cc2cc(C(F)(F)F)[nH]c12. The molecule has 2 nitrogen and oxygen atoms in total. The second kappa shape index (κ2) is 3.30. The molecule has 0 bridgehead atoms. The van der Waals surface area contributed by atoms with Crippen LogP contribution in [-0.4, -0.2) is 12.8 Å². The maximum absolute atomic E-state index is 12.4. The lowest BCUT2D eigenvalue weighted by Gasteiger charge is -2.01. The first-order chi connectivity index (χ1) is 7.41. The minimum Gasteiger partial charge on any atom is -0.351 e. The van der Waals surface area contributed by atoms with Gasteiger partial charge in [-0.1, -0.05) is 5.46 Å². The molecule has 0 amide bonds. The third kappa shape index (κ3) is 1.65. The topological polar surface area (TPSA) is 39.6 Å². The molecule has 2 rings (SSSR count). The highest BCUT2D eigenvalue weighted by atomic mass is 19.4. The van der Waals surface area contributed by atoms with E-state index in [1.54, 1.807) is 13.9 Å². The zero-order valence-electron chi connectivity index (χ0n) is 8.31. The smallest absolute Gasteiger partial charge is 0.351 e. The maximum Gasteiger partial charge on any atom is 0.431 e. The van der Waals surface area contributed by atoms with Gasteiger partial charge in [0.15, 0.2) is 0 Å². The van der Waals surface area contributed by atoms with Crippen LogP contribution in [0.4, 0.5) is 13.2 Å². The van der Waals surface area contributed by atoms with Crippen molar-refractivity contribution < 1.29 is 13.2 Å². The number of nitrogens with zero attached hydrogens (tertiary/aromatic N) is 1. The Kier molecular flexibility index (Phi) is 2.19. The molecule has 0 fully saturated rings. The van der Waals surface area contributed by atoms with E-state index in [9.17, 15) is 13.2 Å². The molecule has 6 heteroatoms. The third-order valence-electron chi connectivity index (χ3n) is 2.36. The molecule has 0 aliphatic rings. The van der Waals surface area contributed by atoms with Crippen LogP contribution in [0.3, 0.4) is 0 Å². The Bertz CT molecular complexity index is 592. The molecule has 0 unspecified atom stereocenters. The number of halogens is 3. The number of fused-ring (bicyclic) bond motifs is 1. The van der Waals surface area contributed by atoms with Gasteiger partial charge in [0.1, 0.15) is 13.5 Å². The normalized spacial score (nSPS) is 11.6. The van der Waals surface area contributed by atoms with Gasteiger partial charge in [-0.2, -0.15) is 18.4 Å². The molecule has 1 aromatic carbocycles. The van der Waals surface area contributed by atoms with E-state index in [4.69, 9.17) is 5.26 Å². The van der Waals surface area contributed by atoms with Crippen molar-refractivity contribution in [1.82, 2.24) is 4.98 Å². The first kappa shape index (κ1) is 10.6. The number of nitriles is 1. The van der Waals surface area contributed by atoms with Crippen LogP contribution < -0.4 is 5.46 Å². The van der Waals surface area contributed by atoms with E-state index in [1.165, 1.54) is 6.07 Å². The number of alkyl halides is 3. The van der Waals surface area contributed by atoms with E-state index in [0.29, 0.717) is 21.9 Å². The van der Waals surface area contributed by atoms with E-state index in [1.807, 2.05) is 6.07 Å². The molecule has 1 heterocycles. The summed E-state index contributed by atoms with van der Waals surface area (Å²) in [6.45, 7) is 0. The maximum atomic E-state index is 12.4. The standard InChI is InChI=1S/C10H6BF3N2/c11-7-2-5(4-15)1-6-3-8(10(12,13)14)16-9(6)7/h1-3,16H,11H2. The first-order valence-corrected chi connectivity index (χ1v) is 4.52. The van der Waals surface area contributed by atoms with Gasteiger partial charge in [0, 0.05) is 10.9 Å². The fraction of sp³-hybridized carbons (Fsp3) is 0.100. The van der Waals surface area contributed by atoms with E-state index in [-0.39, 0.29) is 0 Å². The number of aromatic amines is 1. The van der Waals surface area contributed by atoms with Crippen molar-refractivity contribution in [3.63, 3.8) is 0 Å². The predicted molar refractivity (Wildman–Crippen MR) is 56.2 cm³/mol. The fourth-order valence-electron chi connectivity index (χ4n) is 1.64. The molecule has 0 aliphatic carbocycles. The fourth-order valence-corrected chi connectivity index (χ4v) is 1.64. The molecule has 0 spiro atoms. The summed E-state index contributed by atoms with van der Waals surface area (Å²) in [5.41, 5.74) is 0.620. The van der Waals surface area contributed by atoms with Crippen LogP contribution in [0.15, 0.2) is 18.2 Å². The summed E-state index contributed by atoms with van der Waals surface area (Å²) < 4.78 is 37.3. The summed E-state index contributed by atoms with van der Waals surface area (Å²) in [6.07, 6.45) is -4.39. The van der Waals surface area contributed by atoms with Gasteiger partial charge >= 0.3 is 6.18 Å². The van der Waals surface area contributed by atoms with Gasteiger partial charge < -0.3 is 4.98 Å². The van der Waals surface area contributed by atoms with Crippen LogP contribution >= 0.6 is 0 Å². The average molecular weight is 222 g/mol. The molecule has 0 saturated heterocycles. The van der Waals surface area contributed by atoms with Crippen molar-refractivity contribution in [2.45, 2.75) is 6.18 Å². The number of hydrogen-bond acceptors (Lipinski definition) is 1. The molecule has 0 saturated carbocycles. The van der Waals surface area contributed by atoms with Gasteiger partial charge in [0.2, 0.25) is 0 Å². The van der Waals surface area contributed by atoms with Crippen LogP contribution in [0.5, 0.6) is 0 Å². The number of nitrogens with one attached hydrogen (secondary N) is 1. The number of rotatable bonds is 0. The quantitative estimate of drug-likeness (QED) is 0.670. The number of benzene rings is 1. The number of hydrogen-bond donors (Lipinski definition) is 1. The van der Waals surface area contributed by atoms with E-state index >= 15 is 0 Å². The van der Waals surface area contributed by atoms with Crippen molar-refractivity contribution in [2.75, 3.05) is 0 Å². The lowest BCUT2D eigenvalue weighted by atomic mass is 9.92. The summed E-state index contributed by atoms with van der Waals surface area (Å²) in [4.78, 5) is 2.32. The van der Waals surface area contributed by atoms with Crippen molar-refractivity contribution in [2.24, 2.45) is 0 Å². The van der Waals surface area contributed by atoms with Crippen LogP contribution in [0.25, 0.3) is 10.9 Å². The summed E-state index contributed by atoms with van der Waals surface area (Å²) in [7, 11) is 1.67. The average Bonchev–Trinajstić information content (AvgIpc) is 2.61. The Hall–Kier alpha value is -1.90. The molecular formula is C10H6BF3N2. The van der Waals surface area contributed by atoms with Crippen LogP contribution in [-0.2, 0) is 6.18 Å². The second-order valence-corrected chi connectivity index (χ2v) is 3.55. The van der Waals surface area contributed by atoms with E-state index in [0.717, 1.165) is 6.07 Å². The molecule has 1 aromatic heterocycles. The van der Waals surface area contributed by atoms with Gasteiger partial charge in [-0.3, -0.25) is 0 Å². The molecule has 2 aromatic rings. The summed E-state index contributed by atoms with van der Waals surface area (Å²) in [5.74, 6) is 0. The van der Waals surface area contributed by atoms with E-state index < -0.39 is 11.9 Å². The Balaban J connectivity index is 2.72. The van der Waals surface area contributed by atoms with Gasteiger partial charge in [-0.05, 0) is 18.2 Å². The van der Waals surface area contributed by atoms with Gasteiger partial charge in [-0.15, -0.1) is 0 Å². The van der Waals surface area contributed by atoms with Crippen molar-refractivity contribution in [3.05, 3.63) is 29.5 Å². The van der Waals surface area contributed by atoms with Gasteiger partial charge in [0.05, 0.1) is 11.6 Å². The Morgan fingerprint density at radius 1 is 1.25 bits per heavy atom. The molecular weight excluding hydrogens is 216 g/mol. The highest BCUT2D eigenvalue weighted by Gasteiger charge is 2.32. The summed E-state index contributed by atoms with van der Waals surface area (Å²) >= 11 is 0. The van der Waals surface area contributed by atoms with Crippen LogP contribution in [0.1, 0.15) is 11.3 Å².